The van der Waals surface area contributed by atoms with Crippen LogP contribution in [0.15, 0.2) is 29.1 Å². The molecule has 25 heavy (non-hydrogen) atoms. The Kier molecular flexibility index (Phi) is 5.25. The van der Waals surface area contributed by atoms with Crippen LogP contribution in [-0.4, -0.2) is 32.3 Å². The van der Waals surface area contributed by atoms with Gasteiger partial charge in [-0.15, -0.1) is 0 Å². The highest BCUT2D eigenvalue weighted by atomic mass is 16.4. The molecular formula is C18H23N3O4. The maximum atomic E-state index is 12.5. The third-order valence-electron chi connectivity index (χ3n) is 4.58. The van der Waals surface area contributed by atoms with Crippen molar-refractivity contribution in [3.05, 3.63) is 40.3 Å². The molecule has 0 fully saturated rings. The van der Waals surface area contributed by atoms with Crippen molar-refractivity contribution in [2.24, 2.45) is 13.0 Å². The second-order valence-electron chi connectivity index (χ2n) is 6.79. The van der Waals surface area contributed by atoms with E-state index in [1.165, 1.54) is 4.68 Å². The summed E-state index contributed by atoms with van der Waals surface area (Å²) < 4.78 is 1.21. The molecule has 0 bridgehead atoms. The molecule has 0 spiro atoms. The van der Waals surface area contributed by atoms with E-state index in [0.717, 1.165) is 0 Å². The first-order chi connectivity index (χ1) is 11.6. The molecule has 0 saturated heterocycles. The normalized spacial score (nSPS) is 13.6. The Hall–Kier alpha value is -2.70. The summed E-state index contributed by atoms with van der Waals surface area (Å²) in [5, 5.41) is 17.3. The van der Waals surface area contributed by atoms with Crippen molar-refractivity contribution in [3.8, 4) is 0 Å². The largest absolute Gasteiger partial charge is 0.481 e. The number of carboxylic acids is 1. The Morgan fingerprint density at radius 3 is 2.44 bits per heavy atom. The molecule has 1 aromatic heterocycles. The number of carbonyl (C=O) groups is 2. The van der Waals surface area contributed by atoms with Crippen LogP contribution in [0.5, 0.6) is 0 Å². The Morgan fingerprint density at radius 1 is 1.28 bits per heavy atom. The fraction of sp³-hybridized carbons (Fsp3) is 0.444. The number of fused-ring (bicyclic) bond motifs is 1. The van der Waals surface area contributed by atoms with Gasteiger partial charge in [-0.05, 0) is 18.9 Å². The number of nitrogens with zero attached hydrogens (tertiary/aromatic N) is 2. The highest BCUT2D eigenvalue weighted by Crippen LogP contribution is 2.21. The van der Waals surface area contributed by atoms with Crippen molar-refractivity contribution in [3.63, 3.8) is 0 Å². The van der Waals surface area contributed by atoms with Gasteiger partial charge in [0.1, 0.15) is 0 Å². The minimum atomic E-state index is -0.970. The molecule has 7 heteroatoms. The van der Waals surface area contributed by atoms with Gasteiger partial charge in [0.25, 0.3) is 5.56 Å². The van der Waals surface area contributed by atoms with Gasteiger partial charge >= 0.3 is 5.97 Å². The van der Waals surface area contributed by atoms with Crippen LogP contribution in [0.4, 0.5) is 0 Å². The summed E-state index contributed by atoms with van der Waals surface area (Å²) >= 11 is 0. The Balaban J connectivity index is 2.32. The summed E-state index contributed by atoms with van der Waals surface area (Å²) in [4.78, 5) is 35.8. The lowest BCUT2D eigenvalue weighted by Gasteiger charge is -2.33. The number of carbonyl (C=O) groups excluding carboxylic acids is 1. The lowest BCUT2D eigenvalue weighted by atomic mass is 9.85. The van der Waals surface area contributed by atoms with Gasteiger partial charge in [0.05, 0.1) is 23.9 Å². The Bertz CT molecular complexity index is 872. The van der Waals surface area contributed by atoms with Gasteiger partial charge in [-0.25, -0.2) is 4.68 Å². The number of aromatic nitrogens is 2. The van der Waals surface area contributed by atoms with Crippen molar-refractivity contribution >= 4 is 22.6 Å². The van der Waals surface area contributed by atoms with Gasteiger partial charge in [0.15, 0.2) is 0 Å². The van der Waals surface area contributed by atoms with E-state index in [9.17, 15) is 14.4 Å². The summed E-state index contributed by atoms with van der Waals surface area (Å²) in [5.41, 5.74) is -0.603. The van der Waals surface area contributed by atoms with Crippen LogP contribution in [0.3, 0.4) is 0 Å². The van der Waals surface area contributed by atoms with Gasteiger partial charge in [0, 0.05) is 18.0 Å². The first-order valence-electron chi connectivity index (χ1n) is 8.12. The van der Waals surface area contributed by atoms with E-state index in [2.05, 4.69) is 10.4 Å². The van der Waals surface area contributed by atoms with E-state index in [1.807, 2.05) is 13.8 Å². The first kappa shape index (κ1) is 18.6. The number of hydrogen-bond acceptors (Lipinski definition) is 4. The molecule has 2 aromatic rings. The smallest absolute Gasteiger partial charge is 0.305 e. The topological polar surface area (TPSA) is 101 Å². The number of rotatable bonds is 6. The summed E-state index contributed by atoms with van der Waals surface area (Å²) in [6, 6.07) is 7.00. The zero-order valence-corrected chi connectivity index (χ0v) is 14.9. The zero-order chi connectivity index (χ0) is 18.8. The minimum absolute atomic E-state index is 0.0312. The molecule has 2 N–H and O–H groups in total. The summed E-state index contributed by atoms with van der Waals surface area (Å²) in [6.45, 7) is 5.45. The minimum Gasteiger partial charge on any atom is -0.481 e. The second kappa shape index (κ2) is 7.04. The zero-order valence-electron chi connectivity index (χ0n) is 14.9. The number of carboxylic acid groups (broad SMARTS) is 1. The molecule has 0 saturated carbocycles. The van der Waals surface area contributed by atoms with Gasteiger partial charge in [-0.3, -0.25) is 14.4 Å². The third-order valence-corrected chi connectivity index (χ3v) is 4.58. The molecule has 2 rings (SSSR count). The SMILES string of the molecule is CC(C)C(C)(CC(=O)O)NC(=O)Cc1nn(C)c(=O)c2ccccc12. The van der Waals surface area contributed by atoms with Crippen LogP contribution in [0.1, 0.15) is 32.9 Å². The molecule has 0 radical (unpaired) electrons. The lowest BCUT2D eigenvalue weighted by Crippen LogP contribution is -2.51. The fourth-order valence-electron chi connectivity index (χ4n) is 2.73. The van der Waals surface area contributed by atoms with E-state index < -0.39 is 11.5 Å². The summed E-state index contributed by atoms with van der Waals surface area (Å²) in [6.07, 6.45) is -0.200. The van der Waals surface area contributed by atoms with Crippen molar-refractivity contribution in [1.29, 1.82) is 0 Å². The van der Waals surface area contributed by atoms with Crippen LogP contribution in [-0.2, 0) is 23.1 Å². The van der Waals surface area contributed by atoms with Crippen molar-refractivity contribution in [2.75, 3.05) is 0 Å². The first-order valence-corrected chi connectivity index (χ1v) is 8.12. The van der Waals surface area contributed by atoms with Gasteiger partial charge in [-0.2, -0.15) is 5.10 Å². The summed E-state index contributed by atoms with van der Waals surface area (Å²) in [7, 11) is 1.54. The number of benzene rings is 1. The maximum Gasteiger partial charge on any atom is 0.305 e. The van der Waals surface area contributed by atoms with Crippen LogP contribution in [0, 0.1) is 5.92 Å². The Morgan fingerprint density at radius 2 is 1.88 bits per heavy atom. The highest BCUT2D eigenvalue weighted by Gasteiger charge is 2.33. The quantitative estimate of drug-likeness (QED) is 0.826. The van der Waals surface area contributed by atoms with Crippen LogP contribution < -0.4 is 10.9 Å². The Labute approximate surface area is 145 Å². The molecule has 1 atom stereocenters. The maximum absolute atomic E-state index is 12.5. The average Bonchev–Trinajstić information content (AvgIpc) is 2.51. The lowest BCUT2D eigenvalue weighted by molar-refractivity contribution is -0.139. The molecule has 134 valence electrons. The van der Waals surface area contributed by atoms with Crippen LogP contribution in [0.2, 0.25) is 0 Å². The third kappa shape index (κ3) is 4.04. The van der Waals surface area contributed by atoms with Gasteiger partial charge in [0.2, 0.25) is 5.91 Å². The fourth-order valence-corrected chi connectivity index (χ4v) is 2.73. The van der Waals surface area contributed by atoms with Crippen LogP contribution in [0.25, 0.3) is 10.8 Å². The molecule has 1 heterocycles. The number of aryl methyl sites for hydroxylation is 1. The molecule has 1 unspecified atom stereocenters. The molecule has 1 amide bonds. The molecule has 0 aliphatic carbocycles. The summed E-state index contributed by atoms with van der Waals surface area (Å²) in [5.74, 6) is -1.35. The standard InChI is InChI=1S/C18H23N3O4/c1-11(2)18(3,10-16(23)24)19-15(22)9-14-12-7-5-6-8-13(12)17(25)21(4)20-14/h5-8,11H,9-10H2,1-4H3,(H,19,22)(H,23,24). The van der Waals surface area contributed by atoms with E-state index in [1.54, 1.807) is 38.2 Å². The molecule has 0 aliphatic heterocycles. The second-order valence-corrected chi connectivity index (χ2v) is 6.79. The highest BCUT2D eigenvalue weighted by molar-refractivity contribution is 5.88. The number of hydrogen-bond donors (Lipinski definition) is 2. The molecule has 0 aliphatic rings. The van der Waals surface area contributed by atoms with Crippen molar-refractivity contribution in [2.45, 2.75) is 39.2 Å². The van der Waals surface area contributed by atoms with E-state index in [4.69, 9.17) is 5.11 Å². The monoisotopic (exact) mass is 345 g/mol. The molecular weight excluding hydrogens is 322 g/mol. The number of aliphatic carboxylic acids is 1. The number of nitrogens with one attached hydrogen (secondary N) is 1. The van der Waals surface area contributed by atoms with E-state index >= 15 is 0 Å². The molecule has 1 aromatic carbocycles. The van der Waals surface area contributed by atoms with Gasteiger partial charge < -0.3 is 10.4 Å². The van der Waals surface area contributed by atoms with Crippen molar-refractivity contribution < 1.29 is 14.7 Å². The van der Waals surface area contributed by atoms with E-state index in [0.29, 0.717) is 16.5 Å². The average molecular weight is 345 g/mol. The predicted molar refractivity (Wildman–Crippen MR) is 94.3 cm³/mol. The van der Waals surface area contributed by atoms with Crippen molar-refractivity contribution in [1.82, 2.24) is 15.1 Å². The predicted octanol–water partition coefficient (Wildman–Crippen LogP) is 1.48. The molecule has 7 nitrogen and oxygen atoms in total. The van der Waals surface area contributed by atoms with Crippen LogP contribution >= 0.6 is 0 Å². The number of amides is 1. The van der Waals surface area contributed by atoms with Gasteiger partial charge in [-0.1, -0.05) is 32.0 Å². The van der Waals surface area contributed by atoms with E-state index in [-0.39, 0.29) is 30.2 Å².